The Labute approximate surface area is 365 Å². The number of phosphoric acid groups is 1. The highest BCUT2D eigenvalue weighted by Gasteiger charge is 2.28. The van der Waals surface area contributed by atoms with Crippen molar-refractivity contribution in [2.75, 3.05) is 19.8 Å². The molecule has 0 aliphatic heterocycles. The molecular formula is C48H86NO10P. The molecule has 0 spiro atoms. The van der Waals surface area contributed by atoms with E-state index >= 15 is 0 Å². The van der Waals surface area contributed by atoms with Crippen molar-refractivity contribution in [2.45, 2.75) is 219 Å². The first kappa shape index (κ1) is 57.4. The molecule has 0 saturated carbocycles. The van der Waals surface area contributed by atoms with Gasteiger partial charge >= 0.3 is 25.7 Å². The van der Waals surface area contributed by atoms with Gasteiger partial charge in [0.2, 0.25) is 0 Å². The molecule has 0 aromatic rings. The zero-order valence-corrected chi connectivity index (χ0v) is 38.7. The van der Waals surface area contributed by atoms with E-state index in [2.05, 4.69) is 67.0 Å². The molecule has 0 aliphatic rings. The second kappa shape index (κ2) is 43.1. The number of phosphoric ester groups is 1. The van der Waals surface area contributed by atoms with Gasteiger partial charge in [-0.2, -0.15) is 0 Å². The molecule has 0 fully saturated rings. The number of carbonyl (C=O) groups is 3. The van der Waals surface area contributed by atoms with Crippen LogP contribution in [0.2, 0.25) is 0 Å². The van der Waals surface area contributed by atoms with Gasteiger partial charge in [-0.25, -0.2) is 4.57 Å². The highest BCUT2D eigenvalue weighted by Crippen LogP contribution is 2.43. The van der Waals surface area contributed by atoms with Gasteiger partial charge in [0.05, 0.1) is 13.2 Å². The third kappa shape index (κ3) is 42.1. The quantitative estimate of drug-likeness (QED) is 0.0230. The molecule has 0 aliphatic carbocycles. The van der Waals surface area contributed by atoms with E-state index in [4.69, 9.17) is 24.8 Å². The summed E-state index contributed by atoms with van der Waals surface area (Å²) in [6.07, 6.45) is 48.8. The maximum Gasteiger partial charge on any atom is 0.472 e. The Bertz CT molecular complexity index is 1200. The summed E-state index contributed by atoms with van der Waals surface area (Å²) >= 11 is 0. The van der Waals surface area contributed by atoms with Crippen molar-refractivity contribution in [3.63, 3.8) is 0 Å². The van der Waals surface area contributed by atoms with Crippen LogP contribution in [0.25, 0.3) is 0 Å². The molecule has 12 heteroatoms. The molecule has 0 bridgehead atoms. The van der Waals surface area contributed by atoms with E-state index in [-0.39, 0.29) is 19.4 Å². The van der Waals surface area contributed by atoms with Crippen molar-refractivity contribution in [3.05, 3.63) is 48.6 Å². The molecule has 0 aromatic heterocycles. The molecule has 0 radical (unpaired) electrons. The Hall–Kier alpha value is -2.56. The van der Waals surface area contributed by atoms with Crippen molar-refractivity contribution in [1.82, 2.24) is 0 Å². The fraction of sp³-hybridized carbons (Fsp3) is 0.771. The molecule has 348 valence electrons. The van der Waals surface area contributed by atoms with Crippen LogP contribution in [-0.2, 0) is 37.5 Å². The number of ether oxygens (including phenoxy) is 2. The molecule has 0 amide bonds. The third-order valence-corrected chi connectivity index (χ3v) is 11.0. The fourth-order valence-corrected chi connectivity index (χ4v) is 7.08. The number of rotatable bonds is 44. The second-order valence-electron chi connectivity index (χ2n) is 15.9. The van der Waals surface area contributed by atoms with Gasteiger partial charge < -0.3 is 25.2 Å². The van der Waals surface area contributed by atoms with Crippen molar-refractivity contribution in [3.8, 4) is 0 Å². The lowest BCUT2D eigenvalue weighted by Crippen LogP contribution is -2.34. The Morgan fingerprint density at radius 1 is 0.517 bits per heavy atom. The molecule has 0 heterocycles. The maximum atomic E-state index is 12.7. The first-order valence-corrected chi connectivity index (χ1v) is 25.2. The van der Waals surface area contributed by atoms with Crippen LogP contribution < -0.4 is 5.73 Å². The SMILES string of the molecule is CCCCC/C=C\C/C=C\C/C=C\CCCCCCCCC(=O)OC(COC(=O)CCCCCCCCC/C=C\CCCCCCCC)COP(=O)(O)OCC(N)C(=O)O. The summed E-state index contributed by atoms with van der Waals surface area (Å²) in [4.78, 5) is 46.1. The van der Waals surface area contributed by atoms with Crippen LogP contribution in [0, 0.1) is 0 Å². The van der Waals surface area contributed by atoms with Gasteiger partial charge in [0.1, 0.15) is 12.6 Å². The highest BCUT2D eigenvalue weighted by molar-refractivity contribution is 7.47. The van der Waals surface area contributed by atoms with Gasteiger partial charge in [-0.05, 0) is 77.0 Å². The Kier molecular flexibility index (Phi) is 41.3. The predicted molar refractivity (Wildman–Crippen MR) is 245 cm³/mol. The van der Waals surface area contributed by atoms with Gasteiger partial charge in [-0.15, -0.1) is 0 Å². The Morgan fingerprint density at radius 2 is 0.883 bits per heavy atom. The van der Waals surface area contributed by atoms with Crippen molar-refractivity contribution in [1.29, 1.82) is 0 Å². The average molecular weight is 868 g/mol. The largest absolute Gasteiger partial charge is 0.480 e. The first-order chi connectivity index (χ1) is 29.1. The van der Waals surface area contributed by atoms with Gasteiger partial charge in [-0.1, -0.05) is 165 Å². The minimum Gasteiger partial charge on any atom is -0.480 e. The summed E-state index contributed by atoms with van der Waals surface area (Å²) < 4.78 is 32.8. The number of carboxylic acid groups (broad SMARTS) is 1. The summed E-state index contributed by atoms with van der Waals surface area (Å²) in [5.74, 6) is -2.40. The van der Waals surface area contributed by atoms with Crippen molar-refractivity contribution >= 4 is 25.7 Å². The van der Waals surface area contributed by atoms with Crippen LogP contribution >= 0.6 is 7.82 Å². The lowest BCUT2D eigenvalue weighted by atomic mass is 10.1. The smallest absolute Gasteiger partial charge is 0.472 e. The molecule has 60 heavy (non-hydrogen) atoms. The van der Waals surface area contributed by atoms with Gasteiger partial charge in [0.25, 0.3) is 0 Å². The lowest BCUT2D eigenvalue weighted by Gasteiger charge is -2.20. The number of unbranched alkanes of at least 4 members (excludes halogenated alkanes) is 22. The van der Waals surface area contributed by atoms with E-state index < -0.39 is 51.1 Å². The van der Waals surface area contributed by atoms with Crippen molar-refractivity contribution in [2.24, 2.45) is 5.73 Å². The number of carbonyl (C=O) groups excluding carboxylic acids is 2. The standard InChI is InChI=1S/C48H86NO10P/c1-3-5-7-9-11-13-15-17-19-21-22-24-26-28-30-32-34-36-38-40-47(51)59-44(42-57-60(54,55)58-43-45(49)48(52)53)41-56-46(50)39-37-35-33-31-29-27-25-23-20-18-16-14-12-10-8-6-4-2/h11,13,17-20,22,24,44-45H,3-10,12,14-16,21,23,25-43,49H2,1-2H3,(H,52,53)(H,54,55)/b13-11-,19-17-,20-18-,24-22-. The van der Waals surface area contributed by atoms with Crippen LogP contribution in [0.15, 0.2) is 48.6 Å². The number of allylic oxidation sites excluding steroid dienone is 8. The summed E-state index contributed by atoms with van der Waals surface area (Å²) in [5, 5.41) is 8.90. The van der Waals surface area contributed by atoms with Gasteiger partial charge in [0, 0.05) is 12.8 Å². The van der Waals surface area contributed by atoms with Crippen molar-refractivity contribution < 1.29 is 47.5 Å². The zero-order chi connectivity index (χ0) is 44.2. The average Bonchev–Trinajstić information content (AvgIpc) is 3.22. The number of nitrogens with two attached hydrogens (primary N) is 1. The lowest BCUT2D eigenvalue weighted by molar-refractivity contribution is -0.161. The minimum absolute atomic E-state index is 0.145. The molecule has 0 saturated heterocycles. The van der Waals surface area contributed by atoms with Crippen LogP contribution in [0.1, 0.15) is 206 Å². The van der Waals surface area contributed by atoms with Crippen LogP contribution in [0.4, 0.5) is 0 Å². The number of esters is 2. The summed E-state index contributed by atoms with van der Waals surface area (Å²) in [6.45, 7) is 2.77. The van der Waals surface area contributed by atoms with E-state index in [1.54, 1.807) is 0 Å². The molecule has 3 unspecified atom stereocenters. The zero-order valence-electron chi connectivity index (χ0n) is 37.8. The van der Waals surface area contributed by atoms with Gasteiger partial charge in [0.15, 0.2) is 6.10 Å². The van der Waals surface area contributed by atoms with Crippen LogP contribution in [0.5, 0.6) is 0 Å². The monoisotopic (exact) mass is 868 g/mol. The maximum absolute atomic E-state index is 12.7. The third-order valence-electron chi connectivity index (χ3n) is 10.0. The van der Waals surface area contributed by atoms with E-state index in [9.17, 15) is 23.8 Å². The highest BCUT2D eigenvalue weighted by atomic mass is 31.2. The minimum atomic E-state index is -4.72. The van der Waals surface area contributed by atoms with E-state index in [0.717, 1.165) is 77.0 Å². The molecule has 0 rings (SSSR count). The first-order valence-electron chi connectivity index (χ1n) is 23.7. The van der Waals surface area contributed by atoms with Gasteiger partial charge in [-0.3, -0.25) is 23.4 Å². The normalized spacial score (nSPS) is 14.1. The molecule has 11 nitrogen and oxygen atoms in total. The Morgan fingerprint density at radius 3 is 1.37 bits per heavy atom. The summed E-state index contributed by atoms with van der Waals surface area (Å²) in [5.41, 5.74) is 5.34. The van der Waals surface area contributed by atoms with Crippen LogP contribution in [0.3, 0.4) is 0 Å². The number of hydrogen-bond donors (Lipinski definition) is 3. The van der Waals surface area contributed by atoms with E-state index in [0.29, 0.717) is 12.8 Å². The topological polar surface area (TPSA) is 172 Å². The number of hydrogen-bond acceptors (Lipinski definition) is 9. The molecular weight excluding hydrogens is 781 g/mol. The molecule has 3 atom stereocenters. The second-order valence-corrected chi connectivity index (χ2v) is 17.3. The number of aliphatic carboxylic acids is 1. The molecule has 0 aromatic carbocycles. The van der Waals surface area contributed by atoms with E-state index in [1.165, 1.54) is 89.9 Å². The fourth-order valence-electron chi connectivity index (χ4n) is 6.30. The summed E-state index contributed by atoms with van der Waals surface area (Å²) in [6, 6.07) is -1.53. The molecule has 4 N–H and O–H groups in total. The van der Waals surface area contributed by atoms with Crippen LogP contribution in [-0.4, -0.2) is 59.9 Å². The Balaban J connectivity index is 4.35. The summed E-state index contributed by atoms with van der Waals surface area (Å²) in [7, 11) is -4.72. The van der Waals surface area contributed by atoms with E-state index in [1.807, 2.05) is 0 Å². The predicted octanol–water partition coefficient (Wildman–Crippen LogP) is 13.0. The number of carboxylic acids is 1.